The summed E-state index contributed by atoms with van der Waals surface area (Å²) in [6.45, 7) is 1.42. The summed E-state index contributed by atoms with van der Waals surface area (Å²) in [5, 5.41) is 12.1. The molecular formula is C12H20F2N2O3. The van der Waals surface area contributed by atoms with Crippen molar-refractivity contribution in [3.63, 3.8) is 0 Å². The lowest BCUT2D eigenvalue weighted by Crippen LogP contribution is -2.61. The van der Waals surface area contributed by atoms with E-state index in [1.807, 2.05) is 0 Å². The van der Waals surface area contributed by atoms with Gasteiger partial charge in [-0.15, -0.1) is 0 Å². The van der Waals surface area contributed by atoms with Gasteiger partial charge in [-0.1, -0.05) is 6.92 Å². The van der Waals surface area contributed by atoms with Crippen LogP contribution in [0.2, 0.25) is 0 Å². The molecule has 2 N–H and O–H groups in total. The van der Waals surface area contributed by atoms with Gasteiger partial charge in [-0.2, -0.15) is 8.78 Å². The average Bonchev–Trinajstić information content (AvgIpc) is 2.33. The van der Waals surface area contributed by atoms with E-state index in [0.717, 1.165) is 4.90 Å². The maximum absolute atomic E-state index is 13.9. The lowest BCUT2D eigenvalue weighted by atomic mass is 9.75. The number of carbonyl (C=O) groups excluding carboxylic acids is 2. The monoisotopic (exact) mass is 278 g/mol. The van der Waals surface area contributed by atoms with Crippen LogP contribution in [0.3, 0.4) is 0 Å². The number of hydrogen-bond acceptors (Lipinski definition) is 3. The first-order valence-corrected chi connectivity index (χ1v) is 6.23. The summed E-state index contributed by atoms with van der Waals surface area (Å²) in [6.07, 6.45) is 0.326. The first kappa shape index (κ1) is 15.8. The number of hydrogen-bond donors (Lipinski definition) is 2. The molecule has 0 radical (unpaired) electrons. The fourth-order valence-corrected chi connectivity index (χ4v) is 2.09. The van der Waals surface area contributed by atoms with Gasteiger partial charge in [-0.05, 0) is 19.3 Å². The number of amides is 2. The van der Waals surface area contributed by atoms with Crippen molar-refractivity contribution in [3.8, 4) is 0 Å². The van der Waals surface area contributed by atoms with Crippen molar-refractivity contribution in [1.29, 1.82) is 0 Å². The fourth-order valence-electron chi connectivity index (χ4n) is 2.09. The van der Waals surface area contributed by atoms with Crippen LogP contribution in [0.4, 0.5) is 8.78 Å². The zero-order valence-electron chi connectivity index (χ0n) is 11.4. The van der Waals surface area contributed by atoms with Gasteiger partial charge in [0.25, 0.3) is 5.91 Å². The topological polar surface area (TPSA) is 69.6 Å². The van der Waals surface area contributed by atoms with Crippen LogP contribution in [0.5, 0.6) is 0 Å². The van der Waals surface area contributed by atoms with E-state index in [0.29, 0.717) is 6.42 Å². The van der Waals surface area contributed by atoms with E-state index < -0.39 is 23.3 Å². The number of alkyl halides is 2. The van der Waals surface area contributed by atoms with Gasteiger partial charge in [0, 0.05) is 20.6 Å². The summed E-state index contributed by atoms with van der Waals surface area (Å²) in [4.78, 5) is 23.8. The summed E-state index contributed by atoms with van der Waals surface area (Å²) >= 11 is 0. The van der Waals surface area contributed by atoms with Gasteiger partial charge in [0.05, 0.1) is 5.92 Å². The number of carbonyl (C=O) groups is 2. The molecule has 1 rings (SSSR count). The van der Waals surface area contributed by atoms with Crippen LogP contribution in [0.15, 0.2) is 0 Å². The third-order valence-electron chi connectivity index (χ3n) is 3.62. The largest absolute Gasteiger partial charge is 0.383 e. The molecule has 1 fully saturated rings. The second-order valence-electron chi connectivity index (χ2n) is 5.16. The highest BCUT2D eigenvalue weighted by Gasteiger charge is 2.61. The van der Waals surface area contributed by atoms with Gasteiger partial charge in [-0.3, -0.25) is 9.59 Å². The minimum absolute atomic E-state index is 0.0788. The molecule has 0 aromatic carbocycles. The smallest absolute Gasteiger partial charge is 0.352 e. The quantitative estimate of drug-likeness (QED) is 0.763. The molecule has 1 saturated carbocycles. The third kappa shape index (κ3) is 2.86. The number of halogens is 2. The van der Waals surface area contributed by atoms with E-state index in [-0.39, 0.29) is 25.3 Å². The molecular weight excluding hydrogens is 258 g/mol. The number of rotatable bonds is 5. The van der Waals surface area contributed by atoms with Crippen LogP contribution in [-0.4, -0.2) is 54.0 Å². The second kappa shape index (κ2) is 5.40. The van der Waals surface area contributed by atoms with Crippen molar-refractivity contribution in [2.45, 2.75) is 37.7 Å². The summed E-state index contributed by atoms with van der Waals surface area (Å²) < 4.78 is 27.8. The van der Waals surface area contributed by atoms with Crippen molar-refractivity contribution in [3.05, 3.63) is 0 Å². The lowest BCUT2D eigenvalue weighted by Gasteiger charge is -2.42. The maximum Gasteiger partial charge on any atom is 0.352 e. The number of aliphatic hydroxyl groups is 1. The van der Waals surface area contributed by atoms with Crippen molar-refractivity contribution in [2.75, 3.05) is 20.6 Å². The van der Waals surface area contributed by atoms with Gasteiger partial charge in [0.2, 0.25) is 5.91 Å². The van der Waals surface area contributed by atoms with E-state index in [2.05, 4.69) is 5.32 Å². The Bertz CT molecular complexity index is 370. The molecule has 110 valence electrons. The molecule has 5 nitrogen and oxygen atoms in total. The Morgan fingerprint density at radius 1 is 1.47 bits per heavy atom. The Hall–Kier alpha value is -1.24. The van der Waals surface area contributed by atoms with Crippen molar-refractivity contribution >= 4 is 11.8 Å². The van der Waals surface area contributed by atoms with Crippen LogP contribution >= 0.6 is 0 Å². The third-order valence-corrected chi connectivity index (χ3v) is 3.62. The normalized spacial score (nSPS) is 19.3. The highest BCUT2D eigenvalue weighted by Crippen LogP contribution is 2.44. The SMILES string of the molecule is CNC(=O)C(C)CN(C)C(=O)C(F)(F)C1(O)CCC1. The van der Waals surface area contributed by atoms with Crippen molar-refractivity contribution in [2.24, 2.45) is 5.92 Å². The Morgan fingerprint density at radius 3 is 2.37 bits per heavy atom. The van der Waals surface area contributed by atoms with E-state index in [9.17, 15) is 23.5 Å². The molecule has 1 atom stereocenters. The summed E-state index contributed by atoms with van der Waals surface area (Å²) in [6, 6.07) is 0. The molecule has 0 spiro atoms. The summed E-state index contributed by atoms with van der Waals surface area (Å²) in [5.41, 5.74) is -2.23. The van der Waals surface area contributed by atoms with Gasteiger partial charge in [0.15, 0.2) is 0 Å². The summed E-state index contributed by atoms with van der Waals surface area (Å²) in [7, 11) is 2.64. The minimum atomic E-state index is -3.80. The van der Waals surface area contributed by atoms with Crippen LogP contribution in [0, 0.1) is 5.92 Å². The predicted octanol–water partition coefficient (Wildman–Crippen LogP) is 0.377. The van der Waals surface area contributed by atoms with Crippen LogP contribution < -0.4 is 5.32 Å². The molecule has 7 heteroatoms. The average molecular weight is 278 g/mol. The fraction of sp³-hybridized carbons (Fsp3) is 0.833. The molecule has 2 amide bonds. The molecule has 1 unspecified atom stereocenters. The highest BCUT2D eigenvalue weighted by atomic mass is 19.3. The standard InChI is InChI=1S/C12H20F2N2O3/c1-8(9(17)15-2)7-16(3)10(18)12(13,14)11(19)5-4-6-11/h8,19H,4-7H2,1-3H3,(H,15,17). The van der Waals surface area contributed by atoms with Crippen LogP contribution in [-0.2, 0) is 9.59 Å². The second-order valence-corrected chi connectivity index (χ2v) is 5.16. The van der Waals surface area contributed by atoms with Crippen molar-refractivity contribution in [1.82, 2.24) is 10.2 Å². The Balaban J connectivity index is 2.69. The minimum Gasteiger partial charge on any atom is -0.383 e. The van der Waals surface area contributed by atoms with E-state index in [4.69, 9.17) is 0 Å². The van der Waals surface area contributed by atoms with Gasteiger partial charge >= 0.3 is 5.92 Å². The summed E-state index contributed by atoms with van der Waals surface area (Å²) in [5.74, 6) is -6.16. The zero-order chi connectivity index (χ0) is 14.8. The van der Waals surface area contributed by atoms with Gasteiger partial charge in [0.1, 0.15) is 5.60 Å². The Morgan fingerprint density at radius 2 is 2.00 bits per heavy atom. The molecule has 1 aliphatic rings. The molecule has 0 aromatic heterocycles. The molecule has 1 aliphatic carbocycles. The molecule has 19 heavy (non-hydrogen) atoms. The number of nitrogens with one attached hydrogen (secondary N) is 1. The van der Waals surface area contributed by atoms with E-state index in [1.165, 1.54) is 14.1 Å². The Kier molecular flexibility index (Phi) is 4.50. The van der Waals surface area contributed by atoms with E-state index in [1.54, 1.807) is 6.92 Å². The van der Waals surface area contributed by atoms with Crippen LogP contribution in [0.25, 0.3) is 0 Å². The Labute approximate surface area is 111 Å². The molecule has 0 aliphatic heterocycles. The molecule has 0 heterocycles. The molecule has 0 saturated heterocycles. The van der Waals surface area contributed by atoms with Gasteiger partial charge in [-0.25, -0.2) is 0 Å². The zero-order valence-corrected chi connectivity index (χ0v) is 11.4. The van der Waals surface area contributed by atoms with Gasteiger partial charge < -0.3 is 15.3 Å². The van der Waals surface area contributed by atoms with Crippen LogP contribution in [0.1, 0.15) is 26.2 Å². The maximum atomic E-state index is 13.9. The van der Waals surface area contributed by atoms with E-state index >= 15 is 0 Å². The number of nitrogens with zero attached hydrogens (tertiary/aromatic N) is 1. The predicted molar refractivity (Wildman–Crippen MR) is 64.6 cm³/mol. The molecule has 0 bridgehead atoms. The lowest BCUT2D eigenvalue weighted by molar-refractivity contribution is -0.222. The highest BCUT2D eigenvalue weighted by molar-refractivity contribution is 5.86. The molecule has 0 aromatic rings. The first-order valence-electron chi connectivity index (χ1n) is 6.23. The first-order chi connectivity index (χ1) is 8.65. The van der Waals surface area contributed by atoms with Crippen molar-refractivity contribution < 1.29 is 23.5 Å².